The summed E-state index contributed by atoms with van der Waals surface area (Å²) in [5.41, 5.74) is 10.7. The highest BCUT2D eigenvalue weighted by Gasteiger charge is 2.26. The van der Waals surface area contributed by atoms with E-state index >= 15 is 0 Å². The molecule has 0 atom stereocenters. The van der Waals surface area contributed by atoms with E-state index in [2.05, 4.69) is 0 Å². The summed E-state index contributed by atoms with van der Waals surface area (Å²) >= 11 is 0. The lowest BCUT2D eigenvalue weighted by Gasteiger charge is -2.06. The van der Waals surface area contributed by atoms with Gasteiger partial charge in [-0.05, 0) is 34.4 Å². The van der Waals surface area contributed by atoms with Crippen molar-refractivity contribution in [1.29, 1.82) is 0 Å². The molecule has 0 spiro atoms. The Labute approximate surface area is 114 Å². The van der Waals surface area contributed by atoms with Gasteiger partial charge >= 0.3 is 0 Å². The van der Waals surface area contributed by atoms with Gasteiger partial charge in [0.1, 0.15) is 0 Å². The van der Waals surface area contributed by atoms with Crippen LogP contribution in [0.5, 0.6) is 0 Å². The highest BCUT2D eigenvalue weighted by Crippen LogP contribution is 2.50. The lowest BCUT2D eigenvalue weighted by atomic mass is 10.0. The standard InChI is InChI=1S/C16H10N2O2/c17-13-7-5-11-9-3-1-2-4-10(9)12-6-8-14(18(19)20)16(13)15(11)12/h1-8H,17H2. The average Bonchev–Trinajstić information content (AvgIpc) is 2.78. The number of nitrogens with two attached hydrogens (primary N) is 1. The summed E-state index contributed by atoms with van der Waals surface area (Å²) in [6, 6.07) is 15.1. The molecule has 1 aliphatic rings. The second kappa shape index (κ2) is 3.57. The van der Waals surface area contributed by atoms with Gasteiger partial charge in [0.2, 0.25) is 0 Å². The fourth-order valence-electron chi connectivity index (χ4n) is 3.06. The number of non-ortho nitro benzene ring substituents is 1. The Morgan fingerprint density at radius 3 is 2.00 bits per heavy atom. The molecule has 0 saturated heterocycles. The van der Waals surface area contributed by atoms with Crippen molar-refractivity contribution in [2.24, 2.45) is 0 Å². The van der Waals surface area contributed by atoms with Crippen LogP contribution in [0.1, 0.15) is 0 Å². The van der Waals surface area contributed by atoms with Crippen LogP contribution in [0.3, 0.4) is 0 Å². The molecule has 0 heterocycles. The van der Waals surface area contributed by atoms with Crippen molar-refractivity contribution in [1.82, 2.24) is 0 Å². The number of fused-ring (bicyclic) bond motifs is 3. The molecule has 0 radical (unpaired) electrons. The zero-order chi connectivity index (χ0) is 13.9. The molecule has 0 bridgehead atoms. The molecule has 0 unspecified atom stereocenters. The molecule has 2 N–H and O–H groups in total. The molecule has 4 nitrogen and oxygen atoms in total. The minimum atomic E-state index is -0.373. The van der Waals surface area contributed by atoms with E-state index in [-0.39, 0.29) is 10.6 Å². The van der Waals surface area contributed by atoms with E-state index in [1.807, 2.05) is 36.4 Å². The summed E-state index contributed by atoms with van der Waals surface area (Å²) in [4.78, 5) is 10.9. The molecule has 20 heavy (non-hydrogen) atoms. The molecule has 4 rings (SSSR count). The van der Waals surface area contributed by atoms with Crippen LogP contribution < -0.4 is 5.73 Å². The van der Waals surface area contributed by atoms with Crippen LogP contribution in [0.15, 0.2) is 48.5 Å². The summed E-state index contributed by atoms with van der Waals surface area (Å²) in [5, 5.41) is 12.7. The molecule has 0 fully saturated rings. The summed E-state index contributed by atoms with van der Waals surface area (Å²) in [7, 11) is 0. The summed E-state index contributed by atoms with van der Waals surface area (Å²) in [6.07, 6.45) is 0. The van der Waals surface area contributed by atoms with Gasteiger partial charge in [-0.3, -0.25) is 10.1 Å². The molecule has 0 saturated carbocycles. The zero-order valence-corrected chi connectivity index (χ0v) is 10.5. The van der Waals surface area contributed by atoms with E-state index in [1.54, 1.807) is 12.1 Å². The van der Waals surface area contributed by atoms with Gasteiger partial charge < -0.3 is 5.73 Å². The summed E-state index contributed by atoms with van der Waals surface area (Å²) < 4.78 is 0. The van der Waals surface area contributed by atoms with Gasteiger partial charge in [-0.2, -0.15) is 0 Å². The smallest absolute Gasteiger partial charge is 0.279 e. The molecule has 0 amide bonds. The first-order valence-corrected chi connectivity index (χ1v) is 6.28. The molecule has 3 aromatic carbocycles. The maximum absolute atomic E-state index is 11.2. The zero-order valence-electron chi connectivity index (χ0n) is 10.5. The normalized spacial score (nSPS) is 11.6. The fourth-order valence-corrected chi connectivity index (χ4v) is 3.06. The van der Waals surface area contributed by atoms with Crippen molar-refractivity contribution < 1.29 is 4.92 Å². The third-order valence-electron chi connectivity index (χ3n) is 3.88. The Morgan fingerprint density at radius 2 is 1.40 bits per heavy atom. The second-order valence-corrected chi connectivity index (χ2v) is 4.89. The number of benzene rings is 3. The van der Waals surface area contributed by atoms with Crippen LogP contribution in [-0.2, 0) is 0 Å². The van der Waals surface area contributed by atoms with Gasteiger partial charge in [0.05, 0.1) is 10.3 Å². The Balaban J connectivity index is 2.26. The maximum Gasteiger partial charge on any atom is 0.279 e. The van der Waals surface area contributed by atoms with E-state index in [4.69, 9.17) is 5.73 Å². The largest absolute Gasteiger partial charge is 0.398 e. The third kappa shape index (κ3) is 1.20. The first-order valence-electron chi connectivity index (χ1n) is 6.28. The van der Waals surface area contributed by atoms with Gasteiger partial charge in [0.15, 0.2) is 0 Å². The van der Waals surface area contributed by atoms with E-state index in [9.17, 15) is 10.1 Å². The Kier molecular flexibility index (Phi) is 1.96. The molecule has 3 aromatic rings. The van der Waals surface area contributed by atoms with Gasteiger partial charge in [0, 0.05) is 17.1 Å². The number of rotatable bonds is 1. The quantitative estimate of drug-likeness (QED) is 0.320. The molecular formula is C16H10N2O2. The first kappa shape index (κ1) is 11.0. The van der Waals surface area contributed by atoms with Crippen LogP contribution in [0, 0.1) is 10.1 Å². The van der Waals surface area contributed by atoms with Crippen molar-refractivity contribution >= 4 is 22.1 Å². The van der Waals surface area contributed by atoms with E-state index in [1.165, 1.54) is 0 Å². The van der Waals surface area contributed by atoms with Crippen LogP contribution in [-0.4, -0.2) is 4.92 Å². The van der Waals surface area contributed by atoms with Crippen LogP contribution in [0.25, 0.3) is 33.0 Å². The number of anilines is 1. The third-order valence-corrected chi connectivity index (χ3v) is 3.88. The summed E-state index contributed by atoms with van der Waals surface area (Å²) in [6.45, 7) is 0. The Hall–Kier alpha value is -2.88. The minimum Gasteiger partial charge on any atom is -0.398 e. The summed E-state index contributed by atoms with van der Waals surface area (Å²) in [5.74, 6) is 0. The monoisotopic (exact) mass is 262 g/mol. The van der Waals surface area contributed by atoms with E-state index in [0.29, 0.717) is 11.1 Å². The molecule has 1 aliphatic carbocycles. The van der Waals surface area contributed by atoms with Gasteiger partial charge in [-0.1, -0.05) is 30.3 Å². The van der Waals surface area contributed by atoms with E-state index < -0.39 is 0 Å². The topological polar surface area (TPSA) is 69.2 Å². The highest BCUT2D eigenvalue weighted by atomic mass is 16.6. The lowest BCUT2D eigenvalue weighted by Crippen LogP contribution is -1.94. The van der Waals surface area contributed by atoms with Crippen LogP contribution in [0.2, 0.25) is 0 Å². The molecule has 96 valence electrons. The number of nitro groups is 1. The Morgan fingerprint density at radius 1 is 0.800 bits per heavy atom. The minimum absolute atomic E-state index is 0.0657. The number of hydrogen-bond donors (Lipinski definition) is 1. The number of nitrogens with zero attached hydrogens (tertiary/aromatic N) is 1. The highest BCUT2D eigenvalue weighted by molar-refractivity contribution is 6.20. The first-order chi connectivity index (χ1) is 9.68. The second-order valence-electron chi connectivity index (χ2n) is 4.89. The van der Waals surface area contributed by atoms with Crippen molar-refractivity contribution in [2.75, 3.05) is 5.73 Å². The fraction of sp³-hybridized carbons (Fsp3) is 0. The number of hydrogen-bond acceptors (Lipinski definition) is 3. The van der Waals surface area contributed by atoms with Gasteiger partial charge in [-0.25, -0.2) is 0 Å². The molecule has 4 heteroatoms. The number of nitrogen functional groups attached to an aromatic ring is 1. The maximum atomic E-state index is 11.2. The molecule has 0 aliphatic heterocycles. The van der Waals surface area contributed by atoms with Crippen molar-refractivity contribution in [2.45, 2.75) is 0 Å². The van der Waals surface area contributed by atoms with E-state index in [0.717, 1.165) is 27.6 Å². The van der Waals surface area contributed by atoms with Crippen LogP contribution in [0.4, 0.5) is 11.4 Å². The average molecular weight is 262 g/mol. The number of nitro benzene ring substituents is 1. The van der Waals surface area contributed by atoms with Crippen molar-refractivity contribution in [3.8, 4) is 22.3 Å². The SMILES string of the molecule is Nc1ccc2c3c(ccc([N+](=O)[O-])c13)-c1ccccc1-2. The lowest BCUT2D eigenvalue weighted by molar-refractivity contribution is -0.383. The van der Waals surface area contributed by atoms with Gasteiger partial charge in [-0.15, -0.1) is 0 Å². The predicted octanol–water partition coefficient (Wildman–Crippen LogP) is 3.98. The predicted molar refractivity (Wildman–Crippen MR) is 79.4 cm³/mol. The molecule has 0 aromatic heterocycles. The van der Waals surface area contributed by atoms with Crippen molar-refractivity contribution in [3.63, 3.8) is 0 Å². The van der Waals surface area contributed by atoms with Crippen LogP contribution >= 0.6 is 0 Å². The van der Waals surface area contributed by atoms with Gasteiger partial charge in [0.25, 0.3) is 5.69 Å². The molecular weight excluding hydrogens is 252 g/mol. The Bertz CT molecular complexity index is 871. The van der Waals surface area contributed by atoms with Crippen molar-refractivity contribution in [3.05, 3.63) is 58.6 Å².